The molecule has 150 valence electrons. The van der Waals surface area contributed by atoms with Crippen LogP contribution >= 0.6 is 0 Å². The molecule has 0 saturated carbocycles. The maximum absolute atomic E-state index is 13.2. The Balaban J connectivity index is 1.63. The standard InChI is InChI=1S/C20H20F2N6O/c1-12-8-18(28(2)3)27-19(23-12)24-15-4-6-16(7-5-15)25-20(29)26-17-10-13(21)9-14(22)11-17/h4-11H,1-3H3,(H,23,24,27)(H2,25,26,29). The van der Waals surface area contributed by atoms with Crippen LogP contribution < -0.4 is 20.9 Å². The highest BCUT2D eigenvalue weighted by atomic mass is 19.1. The number of nitrogens with one attached hydrogen (secondary N) is 3. The van der Waals surface area contributed by atoms with Gasteiger partial charge in [-0.25, -0.2) is 18.6 Å². The van der Waals surface area contributed by atoms with Crippen molar-refractivity contribution < 1.29 is 13.6 Å². The minimum absolute atomic E-state index is 0.0200. The van der Waals surface area contributed by atoms with Gasteiger partial charge in [-0.05, 0) is 43.3 Å². The normalized spacial score (nSPS) is 10.4. The van der Waals surface area contributed by atoms with E-state index in [1.807, 2.05) is 32.0 Å². The van der Waals surface area contributed by atoms with Crippen LogP contribution in [-0.4, -0.2) is 30.1 Å². The third-order valence-electron chi connectivity index (χ3n) is 3.82. The molecular weight excluding hydrogens is 378 g/mol. The molecule has 7 nitrogen and oxygen atoms in total. The van der Waals surface area contributed by atoms with Gasteiger partial charge < -0.3 is 20.9 Å². The molecule has 3 N–H and O–H groups in total. The van der Waals surface area contributed by atoms with Crippen molar-refractivity contribution in [1.82, 2.24) is 9.97 Å². The number of hydrogen-bond donors (Lipinski definition) is 3. The fraction of sp³-hybridized carbons (Fsp3) is 0.150. The largest absolute Gasteiger partial charge is 0.363 e. The van der Waals surface area contributed by atoms with Crippen LogP contribution in [-0.2, 0) is 0 Å². The van der Waals surface area contributed by atoms with Crippen LogP contribution in [0.3, 0.4) is 0 Å². The summed E-state index contributed by atoms with van der Waals surface area (Å²) < 4.78 is 26.4. The van der Waals surface area contributed by atoms with Gasteiger partial charge in [0.25, 0.3) is 0 Å². The molecule has 0 aliphatic carbocycles. The van der Waals surface area contributed by atoms with E-state index in [2.05, 4.69) is 25.9 Å². The molecule has 0 saturated heterocycles. The minimum atomic E-state index is -0.772. The molecule has 0 radical (unpaired) electrons. The van der Waals surface area contributed by atoms with Gasteiger partial charge in [0.05, 0.1) is 0 Å². The van der Waals surface area contributed by atoms with E-state index >= 15 is 0 Å². The first-order valence-corrected chi connectivity index (χ1v) is 8.73. The number of aryl methyl sites for hydroxylation is 1. The molecule has 0 fully saturated rings. The van der Waals surface area contributed by atoms with Gasteiger partial charge in [-0.15, -0.1) is 0 Å². The molecule has 2 amide bonds. The van der Waals surface area contributed by atoms with E-state index in [0.29, 0.717) is 11.6 Å². The third kappa shape index (κ3) is 5.61. The number of urea groups is 1. The van der Waals surface area contributed by atoms with E-state index in [0.717, 1.165) is 35.4 Å². The number of rotatable bonds is 5. The average molecular weight is 398 g/mol. The smallest absolute Gasteiger partial charge is 0.323 e. The van der Waals surface area contributed by atoms with E-state index in [1.54, 1.807) is 24.3 Å². The first kappa shape index (κ1) is 20.0. The van der Waals surface area contributed by atoms with Crippen LogP contribution in [0.1, 0.15) is 5.69 Å². The first-order valence-electron chi connectivity index (χ1n) is 8.73. The number of carbonyl (C=O) groups is 1. The molecule has 1 heterocycles. The second-order valence-corrected chi connectivity index (χ2v) is 6.53. The topological polar surface area (TPSA) is 82.2 Å². The Morgan fingerprint density at radius 1 is 0.862 bits per heavy atom. The maximum Gasteiger partial charge on any atom is 0.323 e. The second-order valence-electron chi connectivity index (χ2n) is 6.53. The zero-order chi connectivity index (χ0) is 21.0. The summed E-state index contributed by atoms with van der Waals surface area (Å²) in [4.78, 5) is 22.7. The van der Waals surface area contributed by atoms with Gasteiger partial charge in [-0.2, -0.15) is 4.98 Å². The molecule has 3 rings (SSSR count). The Morgan fingerprint density at radius 3 is 2.07 bits per heavy atom. The molecule has 1 aromatic heterocycles. The Bertz CT molecular complexity index is 1000. The number of amides is 2. The highest BCUT2D eigenvalue weighted by molar-refractivity contribution is 5.99. The van der Waals surface area contributed by atoms with Crippen LogP contribution in [0.15, 0.2) is 48.5 Å². The Morgan fingerprint density at radius 2 is 1.45 bits per heavy atom. The van der Waals surface area contributed by atoms with E-state index in [9.17, 15) is 13.6 Å². The highest BCUT2D eigenvalue weighted by Crippen LogP contribution is 2.20. The Labute approximate surface area is 166 Å². The number of anilines is 5. The van der Waals surface area contributed by atoms with Crippen molar-refractivity contribution in [2.45, 2.75) is 6.92 Å². The molecule has 0 atom stereocenters. The van der Waals surface area contributed by atoms with Gasteiger partial charge in [0.15, 0.2) is 0 Å². The van der Waals surface area contributed by atoms with Crippen LogP contribution in [0.2, 0.25) is 0 Å². The quantitative estimate of drug-likeness (QED) is 0.589. The number of nitrogens with zero attached hydrogens (tertiary/aromatic N) is 3. The van der Waals surface area contributed by atoms with Crippen LogP contribution in [0, 0.1) is 18.6 Å². The van der Waals surface area contributed by atoms with Crippen LogP contribution in [0.25, 0.3) is 0 Å². The van der Waals surface area contributed by atoms with Crippen molar-refractivity contribution >= 4 is 34.9 Å². The number of hydrogen-bond acceptors (Lipinski definition) is 5. The molecule has 0 unspecified atom stereocenters. The van der Waals surface area contributed by atoms with Gasteiger partial charge in [0.2, 0.25) is 5.95 Å². The van der Waals surface area contributed by atoms with Gasteiger partial charge >= 0.3 is 6.03 Å². The second kappa shape index (κ2) is 8.51. The molecule has 3 aromatic rings. The molecule has 2 aromatic carbocycles. The van der Waals surface area contributed by atoms with Crippen LogP contribution in [0.5, 0.6) is 0 Å². The Kier molecular flexibility index (Phi) is 5.87. The average Bonchev–Trinajstić information content (AvgIpc) is 2.62. The SMILES string of the molecule is Cc1cc(N(C)C)nc(Nc2ccc(NC(=O)Nc3cc(F)cc(F)c3)cc2)n1. The predicted molar refractivity (Wildman–Crippen MR) is 110 cm³/mol. The van der Waals surface area contributed by atoms with Gasteiger partial charge in [-0.1, -0.05) is 0 Å². The molecule has 0 aliphatic heterocycles. The summed E-state index contributed by atoms with van der Waals surface area (Å²) in [5, 5.41) is 8.08. The third-order valence-corrected chi connectivity index (χ3v) is 3.82. The van der Waals surface area contributed by atoms with Crippen molar-refractivity contribution in [2.75, 3.05) is 34.9 Å². The minimum Gasteiger partial charge on any atom is -0.363 e. The first-order chi connectivity index (χ1) is 13.8. The number of carbonyl (C=O) groups excluding carboxylic acids is 1. The summed E-state index contributed by atoms with van der Waals surface area (Å²) in [5.74, 6) is -0.304. The highest BCUT2D eigenvalue weighted by Gasteiger charge is 2.07. The number of aromatic nitrogens is 2. The van der Waals surface area contributed by atoms with Crippen molar-refractivity contribution in [3.63, 3.8) is 0 Å². The molecule has 29 heavy (non-hydrogen) atoms. The lowest BCUT2D eigenvalue weighted by Gasteiger charge is -2.14. The molecule has 9 heteroatoms. The summed E-state index contributed by atoms with van der Waals surface area (Å²) in [6.45, 7) is 1.88. The lowest BCUT2D eigenvalue weighted by Crippen LogP contribution is -2.19. The fourth-order valence-corrected chi connectivity index (χ4v) is 2.52. The van der Waals surface area contributed by atoms with Gasteiger partial charge in [0.1, 0.15) is 17.5 Å². The Hall–Kier alpha value is -3.75. The van der Waals surface area contributed by atoms with E-state index in [-0.39, 0.29) is 5.69 Å². The van der Waals surface area contributed by atoms with Gasteiger partial charge in [0, 0.05) is 49.0 Å². The lowest BCUT2D eigenvalue weighted by molar-refractivity contribution is 0.262. The van der Waals surface area contributed by atoms with Crippen LogP contribution in [0.4, 0.5) is 42.4 Å². The summed E-state index contributed by atoms with van der Waals surface area (Å²) in [5.41, 5.74) is 2.09. The summed E-state index contributed by atoms with van der Waals surface area (Å²) in [6.07, 6.45) is 0. The maximum atomic E-state index is 13.2. The summed E-state index contributed by atoms with van der Waals surface area (Å²) in [7, 11) is 3.80. The monoisotopic (exact) mass is 398 g/mol. The molecule has 0 aliphatic rings. The fourth-order valence-electron chi connectivity index (χ4n) is 2.52. The van der Waals surface area contributed by atoms with Crippen molar-refractivity contribution in [1.29, 1.82) is 0 Å². The van der Waals surface area contributed by atoms with E-state index < -0.39 is 17.7 Å². The zero-order valence-electron chi connectivity index (χ0n) is 16.1. The van der Waals surface area contributed by atoms with Crippen molar-refractivity contribution in [3.05, 3.63) is 65.9 Å². The van der Waals surface area contributed by atoms with Crippen molar-refractivity contribution in [3.8, 4) is 0 Å². The number of benzene rings is 2. The summed E-state index contributed by atoms with van der Waals surface area (Å²) >= 11 is 0. The van der Waals surface area contributed by atoms with Gasteiger partial charge in [-0.3, -0.25) is 0 Å². The van der Waals surface area contributed by atoms with Crippen molar-refractivity contribution in [2.24, 2.45) is 0 Å². The molecule has 0 bridgehead atoms. The molecular formula is C20H20F2N6O. The van der Waals surface area contributed by atoms with E-state index in [1.165, 1.54) is 0 Å². The predicted octanol–water partition coefficient (Wildman–Crippen LogP) is 4.52. The zero-order valence-corrected chi connectivity index (χ0v) is 16.1. The lowest BCUT2D eigenvalue weighted by atomic mass is 10.3. The molecule has 0 spiro atoms. The summed E-state index contributed by atoms with van der Waals surface area (Å²) in [6, 6.07) is 10.9. The number of halogens is 2. The van der Waals surface area contributed by atoms with E-state index in [4.69, 9.17) is 0 Å².